The van der Waals surface area contributed by atoms with Gasteiger partial charge in [0.25, 0.3) is 0 Å². The SMILES string of the molecule is CCCCNCc1ccc(OCC(O)CN2CCOCC2)c(OC)c1. The van der Waals surface area contributed by atoms with Crippen LogP contribution in [-0.2, 0) is 11.3 Å². The molecule has 25 heavy (non-hydrogen) atoms. The van der Waals surface area contributed by atoms with Crippen LogP contribution < -0.4 is 14.8 Å². The molecule has 1 atom stereocenters. The summed E-state index contributed by atoms with van der Waals surface area (Å²) in [5.74, 6) is 1.37. The standard InChI is InChI=1S/C19H32N2O4/c1-3-4-7-20-13-16-5-6-18(19(12-16)23-2)25-15-17(22)14-21-8-10-24-11-9-21/h5-6,12,17,20,22H,3-4,7-11,13-15H2,1-2H3. The van der Waals surface area contributed by atoms with Crippen LogP contribution in [0.1, 0.15) is 25.3 Å². The number of ether oxygens (including phenoxy) is 3. The molecule has 2 rings (SSSR count). The molecule has 0 saturated carbocycles. The number of aliphatic hydroxyl groups excluding tert-OH is 1. The lowest BCUT2D eigenvalue weighted by molar-refractivity contribution is 0.00445. The number of methoxy groups -OCH3 is 1. The van der Waals surface area contributed by atoms with Crippen molar-refractivity contribution < 1.29 is 19.3 Å². The number of benzene rings is 1. The largest absolute Gasteiger partial charge is 0.493 e. The van der Waals surface area contributed by atoms with Crippen molar-refractivity contribution in [2.75, 3.05) is 53.1 Å². The Morgan fingerprint density at radius 3 is 2.80 bits per heavy atom. The summed E-state index contributed by atoms with van der Waals surface area (Å²) in [6, 6.07) is 5.94. The zero-order chi connectivity index (χ0) is 17.9. The molecule has 0 spiro atoms. The fraction of sp³-hybridized carbons (Fsp3) is 0.684. The van der Waals surface area contributed by atoms with Gasteiger partial charge in [-0.1, -0.05) is 19.4 Å². The first kappa shape index (κ1) is 20.0. The van der Waals surface area contributed by atoms with Crippen molar-refractivity contribution in [2.45, 2.75) is 32.4 Å². The molecule has 0 amide bonds. The Morgan fingerprint density at radius 2 is 2.08 bits per heavy atom. The van der Waals surface area contributed by atoms with E-state index in [1.807, 2.05) is 18.2 Å². The van der Waals surface area contributed by atoms with Crippen molar-refractivity contribution in [3.63, 3.8) is 0 Å². The maximum Gasteiger partial charge on any atom is 0.161 e. The van der Waals surface area contributed by atoms with Crippen molar-refractivity contribution in [3.05, 3.63) is 23.8 Å². The van der Waals surface area contributed by atoms with Gasteiger partial charge < -0.3 is 24.6 Å². The molecule has 142 valence electrons. The molecule has 2 N–H and O–H groups in total. The Kier molecular flexibility index (Phi) is 9.04. The minimum atomic E-state index is -0.529. The van der Waals surface area contributed by atoms with Crippen LogP contribution in [0.2, 0.25) is 0 Å². The van der Waals surface area contributed by atoms with E-state index in [1.165, 1.54) is 12.8 Å². The van der Waals surface area contributed by atoms with E-state index < -0.39 is 6.10 Å². The zero-order valence-corrected chi connectivity index (χ0v) is 15.5. The molecule has 1 aliphatic heterocycles. The van der Waals surface area contributed by atoms with Crippen LogP contribution >= 0.6 is 0 Å². The summed E-state index contributed by atoms with van der Waals surface area (Å²) < 4.78 is 16.5. The van der Waals surface area contributed by atoms with E-state index in [-0.39, 0.29) is 6.61 Å². The molecule has 1 fully saturated rings. The maximum absolute atomic E-state index is 10.2. The van der Waals surface area contributed by atoms with E-state index in [0.717, 1.165) is 45.0 Å². The molecule has 0 bridgehead atoms. The second-order valence-corrected chi connectivity index (χ2v) is 6.39. The first-order valence-corrected chi connectivity index (χ1v) is 9.21. The molecule has 1 aliphatic rings. The topological polar surface area (TPSA) is 63.2 Å². The highest BCUT2D eigenvalue weighted by atomic mass is 16.5. The van der Waals surface area contributed by atoms with Gasteiger partial charge >= 0.3 is 0 Å². The molecule has 1 aromatic rings. The summed E-state index contributed by atoms with van der Waals surface area (Å²) in [6.07, 6.45) is 1.84. The lowest BCUT2D eigenvalue weighted by atomic mass is 10.2. The van der Waals surface area contributed by atoms with Crippen LogP contribution in [0.15, 0.2) is 18.2 Å². The third-order valence-electron chi connectivity index (χ3n) is 4.27. The van der Waals surface area contributed by atoms with Crippen molar-refractivity contribution in [1.82, 2.24) is 10.2 Å². The summed E-state index contributed by atoms with van der Waals surface area (Å²) in [5, 5.41) is 13.6. The van der Waals surface area contributed by atoms with Crippen LogP contribution in [0.25, 0.3) is 0 Å². The quantitative estimate of drug-likeness (QED) is 0.591. The van der Waals surface area contributed by atoms with Crippen molar-refractivity contribution >= 4 is 0 Å². The van der Waals surface area contributed by atoms with Crippen molar-refractivity contribution in [2.24, 2.45) is 0 Å². The number of nitrogens with one attached hydrogen (secondary N) is 1. The van der Waals surface area contributed by atoms with Crippen LogP contribution in [0.4, 0.5) is 0 Å². The predicted molar refractivity (Wildman–Crippen MR) is 98.4 cm³/mol. The van der Waals surface area contributed by atoms with Crippen LogP contribution in [0.3, 0.4) is 0 Å². The second kappa shape index (κ2) is 11.3. The van der Waals surface area contributed by atoms with E-state index >= 15 is 0 Å². The Bertz CT molecular complexity index is 492. The molecule has 0 radical (unpaired) electrons. The monoisotopic (exact) mass is 352 g/mol. The van der Waals surface area contributed by atoms with Crippen molar-refractivity contribution in [3.8, 4) is 11.5 Å². The highest BCUT2D eigenvalue weighted by molar-refractivity contribution is 5.43. The fourth-order valence-electron chi connectivity index (χ4n) is 2.80. The summed E-state index contributed by atoms with van der Waals surface area (Å²) in [6.45, 7) is 8.06. The van der Waals surface area contributed by atoms with Crippen molar-refractivity contribution in [1.29, 1.82) is 0 Å². The average molecular weight is 352 g/mol. The summed E-state index contributed by atoms with van der Waals surface area (Å²) in [5.41, 5.74) is 1.16. The first-order chi connectivity index (χ1) is 12.2. The minimum absolute atomic E-state index is 0.252. The third-order valence-corrected chi connectivity index (χ3v) is 4.27. The van der Waals surface area contributed by atoms with Gasteiger partial charge in [-0.3, -0.25) is 4.90 Å². The Balaban J connectivity index is 1.79. The van der Waals surface area contributed by atoms with Gasteiger partial charge in [0, 0.05) is 26.2 Å². The molecule has 0 aromatic heterocycles. The zero-order valence-electron chi connectivity index (χ0n) is 15.5. The second-order valence-electron chi connectivity index (χ2n) is 6.39. The Hall–Kier alpha value is -1.34. The van der Waals surface area contributed by atoms with Gasteiger partial charge in [-0.25, -0.2) is 0 Å². The third kappa shape index (κ3) is 7.20. The van der Waals surface area contributed by atoms with Gasteiger partial charge in [0.2, 0.25) is 0 Å². The fourth-order valence-corrected chi connectivity index (χ4v) is 2.80. The van der Waals surface area contributed by atoms with E-state index in [0.29, 0.717) is 18.0 Å². The van der Waals surface area contributed by atoms with Gasteiger partial charge in [0.15, 0.2) is 11.5 Å². The lowest BCUT2D eigenvalue weighted by Crippen LogP contribution is -2.42. The Labute approximate surface area is 151 Å². The van der Waals surface area contributed by atoms with Gasteiger partial charge in [0.1, 0.15) is 12.7 Å². The minimum Gasteiger partial charge on any atom is -0.493 e. The van der Waals surface area contributed by atoms with E-state index in [1.54, 1.807) is 7.11 Å². The number of nitrogens with zero attached hydrogens (tertiary/aromatic N) is 1. The molecule has 1 unspecified atom stereocenters. The number of hydrogen-bond donors (Lipinski definition) is 2. The highest BCUT2D eigenvalue weighted by Crippen LogP contribution is 2.28. The summed E-state index contributed by atoms with van der Waals surface area (Å²) in [4.78, 5) is 2.19. The highest BCUT2D eigenvalue weighted by Gasteiger charge is 2.16. The molecular formula is C19H32N2O4. The lowest BCUT2D eigenvalue weighted by Gasteiger charge is -2.28. The van der Waals surface area contributed by atoms with Crippen LogP contribution in [0, 0.1) is 0 Å². The number of aliphatic hydroxyl groups is 1. The van der Waals surface area contributed by atoms with Gasteiger partial charge in [0.05, 0.1) is 20.3 Å². The smallest absolute Gasteiger partial charge is 0.161 e. The van der Waals surface area contributed by atoms with Gasteiger partial charge in [-0.15, -0.1) is 0 Å². The summed E-state index contributed by atoms with van der Waals surface area (Å²) in [7, 11) is 1.64. The number of unbranched alkanes of at least 4 members (excludes halogenated alkanes) is 1. The average Bonchev–Trinajstić information content (AvgIpc) is 2.64. The first-order valence-electron chi connectivity index (χ1n) is 9.21. The van der Waals surface area contributed by atoms with E-state index in [2.05, 4.69) is 17.1 Å². The molecule has 6 heteroatoms. The Morgan fingerprint density at radius 1 is 1.28 bits per heavy atom. The molecular weight excluding hydrogens is 320 g/mol. The van der Waals surface area contributed by atoms with Gasteiger partial charge in [-0.2, -0.15) is 0 Å². The molecule has 1 saturated heterocycles. The number of β-amino-alcohol motifs (C(OH)–C–C–N with tert-alkyl or cyclic N) is 1. The molecule has 1 aromatic carbocycles. The number of morpholine rings is 1. The molecule has 1 heterocycles. The number of rotatable bonds is 11. The molecule has 6 nitrogen and oxygen atoms in total. The van der Waals surface area contributed by atoms with E-state index in [4.69, 9.17) is 14.2 Å². The normalized spacial score (nSPS) is 16.6. The maximum atomic E-state index is 10.2. The van der Waals surface area contributed by atoms with Crippen LogP contribution in [0.5, 0.6) is 11.5 Å². The number of hydrogen-bond acceptors (Lipinski definition) is 6. The van der Waals surface area contributed by atoms with Gasteiger partial charge in [-0.05, 0) is 30.7 Å². The van der Waals surface area contributed by atoms with Crippen LogP contribution in [-0.4, -0.2) is 69.2 Å². The predicted octanol–water partition coefficient (Wildman–Crippen LogP) is 1.66. The molecule has 0 aliphatic carbocycles. The summed E-state index contributed by atoms with van der Waals surface area (Å²) >= 11 is 0. The van der Waals surface area contributed by atoms with E-state index in [9.17, 15) is 5.11 Å².